The Bertz CT molecular complexity index is 1330. The molecule has 0 spiro atoms. The minimum absolute atomic E-state index is 0.0113. The van der Waals surface area contributed by atoms with Crippen molar-refractivity contribution in [3.8, 4) is 5.69 Å². The van der Waals surface area contributed by atoms with Gasteiger partial charge in [-0.1, -0.05) is 36.0 Å². The zero-order chi connectivity index (χ0) is 24.2. The number of rotatable bonds is 7. The molecule has 2 aromatic carbocycles. The third-order valence-corrected chi connectivity index (χ3v) is 6.81. The molecule has 4 rings (SSSR count). The lowest BCUT2D eigenvalue weighted by Gasteiger charge is -2.19. The zero-order valence-corrected chi connectivity index (χ0v) is 20.9. The summed E-state index contributed by atoms with van der Waals surface area (Å²) >= 11 is 2.78. The minimum atomic E-state index is -0.496. The molecule has 174 valence electrons. The third kappa shape index (κ3) is 4.90. The molecule has 1 amide bonds. The molecule has 2 heterocycles. The largest absolute Gasteiger partial charge is 0.454 e. The van der Waals surface area contributed by atoms with Crippen LogP contribution in [0.1, 0.15) is 34.2 Å². The number of ether oxygens (including phenoxy) is 1. The molecule has 0 N–H and O–H groups in total. The molecule has 2 aromatic heterocycles. The average molecular weight is 493 g/mol. The highest BCUT2D eigenvalue weighted by molar-refractivity contribution is 7.98. The molecule has 4 aromatic rings. The van der Waals surface area contributed by atoms with Gasteiger partial charge in [-0.3, -0.25) is 14.3 Å². The first-order valence-electron chi connectivity index (χ1n) is 10.6. The molecule has 0 aliphatic carbocycles. The fourth-order valence-electron chi connectivity index (χ4n) is 3.42. The summed E-state index contributed by atoms with van der Waals surface area (Å²) in [6.07, 6.45) is 3.43. The second kappa shape index (κ2) is 10.2. The van der Waals surface area contributed by atoms with E-state index >= 15 is 0 Å². The van der Waals surface area contributed by atoms with Crippen LogP contribution in [-0.4, -0.2) is 32.7 Å². The van der Waals surface area contributed by atoms with Gasteiger partial charge in [0.2, 0.25) is 5.91 Å². The number of nitrogens with zero attached hydrogens (tertiary/aromatic N) is 4. The van der Waals surface area contributed by atoms with Crippen LogP contribution in [0.4, 0.5) is 10.8 Å². The van der Waals surface area contributed by atoms with Gasteiger partial charge in [0.1, 0.15) is 6.61 Å². The van der Waals surface area contributed by atoms with E-state index in [1.807, 2.05) is 68.6 Å². The van der Waals surface area contributed by atoms with Crippen molar-refractivity contribution >= 4 is 45.8 Å². The third-order valence-electron chi connectivity index (χ3n) is 5.28. The van der Waals surface area contributed by atoms with E-state index in [0.717, 1.165) is 22.5 Å². The molecule has 0 fully saturated rings. The highest BCUT2D eigenvalue weighted by Crippen LogP contribution is 2.30. The van der Waals surface area contributed by atoms with Crippen molar-refractivity contribution < 1.29 is 14.3 Å². The number of hydrogen-bond donors (Lipinski definition) is 0. The smallest absolute Gasteiger partial charge is 0.357 e. The first kappa shape index (κ1) is 23.7. The average Bonchev–Trinajstić information content (AvgIpc) is 3.47. The van der Waals surface area contributed by atoms with E-state index in [-0.39, 0.29) is 12.5 Å². The summed E-state index contributed by atoms with van der Waals surface area (Å²) in [7, 11) is 0. The Morgan fingerprint density at radius 3 is 2.56 bits per heavy atom. The zero-order valence-electron chi connectivity index (χ0n) is 19.3. The first-order chi connectivity index (χ1) is 16.4. The standard InChI is InChI=1S/C25H24N4O3S2/c1-16-10-11-21(12-17(16)2)28(18(3)30)25-27-19(15-34-25)14-32-23(31)22-13-26-24(33-4)29(22)20-8-6-5-7-9-20/h5-13,15H,14H2,1-4H3. The number of anilines is 2. The SMILES string of the molecule is CSc1ncc(C(=O)OCc2csc(N(C(C)=O)c3ccc(C)c(C)c3)n2)n1-c1ccccc1. The van der Waals surface area contributed by atoms with Gasteiger partial charge in [-0.05, 0) is 55.5 Å². The van der Waals surface area contributed by atoms with Crippen LogP contribution >= 0.6 is 23.1 Å². The van der Waals surface area contributed by atoms with Gasteiger partial charge in [-0.15, -0.1) is 11.3 Å². The van der Waals surface area contributed by atoms with Crippen LogP contribution in [-0.2, 0) is 16.1 Å². The molecule has 0 aliphatic rings. The van der Waals surface area contributed by atoms with E-state index in [0.29, 0.717) is 21.7 Å². The van der Waals surface area contributed by atoms with Gasteiger partial charge in [-0.25, -0.2) is 14.8 Å². The van der Waals surface area contributed by atoms with E-state index in [1.165, 1.54) is 36.2 Å². The summed E-state index contributed by atoms with van der Waals surface area (Å²) < 4.78 is 7.33. The van der Waals surface area contributed by atoms with Crippen molar-refractivity contribution in [3.05, 3.63) is 82.6 Å². The minimum Gasteiger partial charge on any atom is -0.454 e. The summed E-state index contributed by atoms with van der Waals surface area (Å²) in [5.74, 6) is -0.638. The van der Waals surface area contributed by atoms with Gasteiger partial charge in [0.05, 0.1) is 17.6 Å². The number of hydrogen-bond acceptors (Lipinski definition) is 7. The quantitative estimate of drug-likeness (QED) is 0.243. The number of imidazole rings is 1. The van der Waals surface area contributed by atoms with Crippen molar-refractivity contribution in [2.75, 3.05) is 11.2 Å². The predicted octanol–water partition coefficient (Wildman–Crippen LogP) is 5.71. The predicted molar refractivity (Wildman–Crippen MR) is 135 cm³/mol. The number of amides is 1. The number of benzene rings is 2. The molecule has 0 aliphatic heterocycles. The van der Waals surface area contributed by atoms with Gasteiger partial charge in [0.25, 0.3) is 0 Å². The van der Waals surface area contributed by atoms with Crippen molar-refractivity contribution in [3.63, 3.8) is 0 Å². The van der Waals surface area contributed by atoms with Crippen molar-refractivity contribution in [2.24, 2.45) is 0 Å². The van der Waals surface area contributed by atoms with E-state index in [2.05, 4.69) is 9.97 Å². The number of para-hydroxylation sites is 1. The maximum atomic E-state index is 12.9. The van der Waals surface area contributed by atoms with Gasteiger partial charge >= 0.3 is 5.97 Å². The number of aryl methyl sites for hydroxylation is 2. The lowest BCUT2D eigenvalue weighted by atomic mass is 10.1. The maximum Gasteiger partial charge on any atom is 0.357 e. The van der Waals surface area contributed by atoms with Crippen LogP contribution in [0.25, 0.3) is 5.69 Å². The van der Waals surface area contributed by atoms with Crippen molar-refractivity contribution in [2.45, 2.75) is 32.5 Å². The summed E-state index contributed by atoms with van der Waals surface area (Å²) in [5.41, 5.74) is 4.74. The molecule has 0 saturated carbocycles. The topological polar surface area (TPSA) is 77.3 Å². The Morgan fingerprint density at radius 1 is 1.12 bits per heavy atom. The fraction of sp³-hybridized carbons (Fsp3) is 0.200. The lowest BCUT2D eigenvalue weighted by Crippen LogP contribution is -2.22. The highest BCUT2D eigenvalue weighted by atomic mass is 32.2. The molecule has 0 saturated heterocycles. The Balaban J connectivity index is 1.52. The van der Waals surface area contributed by atoms with E-state index < -0.39 is 5.97 Å². The summed E-state index contributed by atoms with van der Waals surface area (Å²) in [4.78, 5) is 35.8. The number of carbonyl (C=O) groups excluding carboxylic acids is 2. The molecule has 0 atom stereocenters. The van der Waals surface area contributed by atoms with Gasteiger partial charge in [0.15, 0.2) is 16.0 Å². The van der Waals surface area contributed by atoms with Crippen LogP contribution in [0.3, 0.4) is 0 Å². The monoisotopic (exact) mass is 492 g/mol. The normalized spacial score (nSPS) is 10.8. The number of thioether (sulfide) groups is 1. The summed E-state index contributed by atoms with van der Waals surface area (Å²) in [6, 6.07) is 15.4. The second-order valence-electron chi connectivity index (χ2n) is 7.62. The number of aromatic nitrogens is 3. The molecule has 0 radical (unpaired) electrons. The molecule has 7 nitrogen and oxygen atoms in total. The maximum absolute atomic E-state index is 12.9. The first-order valence-corrected chi connectivity index (χ1v) is 12.7. The number of esters is 1. The van der Waals surface area contributed by atoms with E-state index in [1.54, 1.807) is 14.8 Å². The molecular formula is C25H24N4O3S2. The van der Waals surface area contributed by atoms with Crippen LogP contribution < -0.4 is 4.90 Å². The molecule has 0 bridgehead atoms. The van der Waals surface area contributed by atoms with E-state index in [9.17, 15) is 9.59 Å². The van der Waals surface area contributed by atoms with E-state index in [4.69, 9.17) is 4.74 Å². The van der Waals surface area contributed by atoms with Gasteiger partial charge in [-0.2, -0.15) is 0 Å². The Morgan fingerprint density at radius 2 is 1.88 bits per heavy atom. The number of thiazole rings is 1. The Kier molecular flexibility index (Phi) is 7.14. The molecule has 9 heteroatoms. The fourth-order valence-corrected chi connectivity index (χ4v) is 4.84. The Labute approximate surface area is 206 Å². The van der Waals surface area contributed by atoms with Crippen molar-refractivity contribution in [1.82, 2.24) is 14.5 Å². The molecule has 0 unspecified atom stereocenters. The summed E-state index contributed by atoms with van der Waals surface area (Å²) in [5, 5.41) is 3.02. The van der Waals surface area contributed by atoms with Crippen LogP contribution in [0.15, 0.2) is 65.3 Å². The van der Waals surface area contributed by atoms with Crippen molar-refractivity contribution in [1.29, 1.82) is 0 Å². The number of carbonyl (C=O) groups is 2. The molecular weight excluding hydrogens is 468 g/mol. The molecule has 34 heavy (non-hydrogen) atoms. The second-order valence-corrected chi connectivity index (χ2v) is 9.23. The van der Waals surface area contributed by atoms with Gasteiger partial charge in [0, 0.05) is 18.0 Å². The highest BCUT2D eigenvalue weighted by Gasteiger charge is 2.21. The summed E-state index contributed by atoms with van der Waals surface area (Å²) in [6.45, 7) is 5.53. The van der Waals surface area contributed by atoms with Crippen LogP contribution in [0, 0.1) is 13.8 Å². The van der Waals surface area contributed by atoms with Crippen LogP contribution in [0.5, 0.6) is 0 Å². The van der Waals surface area contributed by atoms with Gasteiger partial charge < -0.3 is 4.74 Å². The van der Waals surface area contributed by atoms with Crippen LogP contribution in [0.2, 0.25) is 0 Å². The Hall–Kier alpha value is -3.43. The lowest BCUT2D eigenvalue weighted by molar-refractivity contribution is -0.115.